The molecular formula is C19H20Cl3NO3. The summed E-state index contributed by atoms with van der Waals surface area (Å²) >= 11 is 17.6. The SMILES string of the molecule is O=C(NCCOc1ccc(Cc2ccccc2)cc1Cl)OCC(Cl)CCl. The van der Waals surface area contributed by atoms with E-state index in [4.69, 9.17) is 44.3 Å². The fraction of sp³-hybridized carbons (Fsp3) is 0.316. The van der Waals surface area contributed by atoms with Gasteiger partial charge in [0.15, 0.2) is 0 Å². The highest BCUT2D eigenvalue weighted by molar-refractivity contribution is 6.32. The lowest BCUT2D eigenvalue weighted by atomic mass is 10.1. The highest BCUT2D eigenvalue weighted by atomic mass is 35.5. The molecule has 0 saturated heterocycles. The second-order valence-corrected chi connectivity index (χ2v) is 6.89. The van der Waals surface area contributed by atoms with Crippen LogP contribution in [-0.2, 0) is 11.2 Å². The van der Waals surface area contributed by atoms with Gasteiger partial charge in [0, 0.05) is 5.88 Å². The van der Waals surface area contributed by atoms with E-state index in [1.807, 2.05) is 36.4 Å². The molecule has 1 unspecified atom stereocenters. The molecule has 2 aromatic rings. The van der Waals surface area contributed by atoms with Gasteiger partial charge in [-0.3, -0.25) is 0 Å². The van der Waals surface area contributed by atoms with Crippen molar-refractivity contribution in [3.05, 3.63) is 64.7 Å². The number of ether oxygens (including phenoxy) is 2. The summed E-state index contributed by atoms with van der Waals surface area (Å²) in [5.41, 5.74) is 2.32. The average molecular weight is 417 g/mol. The van der Waals surface area contributed by atoms with E-state index in [2.05, 4.69) is 17.4 Å². The van der Waals surface area contributed by atoms with Crippen LogP contribution in [0.4, 0.5) is 4.79 Å². The van der Waals surface area contributed by atoms with Crippen molar-refractivity contribution in [1.29, 1.82) is 0 Å². The van der Waals surface area contributed by atoms with Crippen LogP contribution in [0.25, 0.3) is 0 Å². The molecule has 26 heavy (non-hydrogen) atoms. The van der Waals surface area contributed by atoms with E-state index >= 15 is 0 Å². The molecule has 0 aliphatic carbocycles. The number of benzene rings is 2. The van der Waals surface area contributed by atoms with Crippen LogP contribution in [0.15, 0.2) is 48.5 Å². The number of hydrogen-bond acceptors (Lipinski definition) is 3. The maximum atomic E-state index is 11.4. The van der Waals surface area contributed by atoms with Gasteiger partial charge in [0.05, 0.1) is 16.9 Å². The molecular weight excluding hydrogens is 397 g/mol. The summed E-state index contributed by atoms with van der Waals surface area (Å²) in [6.45, 7) is 0.619. The molecule has 0 aliphatic heterocycles. The summed E-state index contributed by atoms with van der Waals surface area (Å²) in [4.78, 5) is 11.4. The molecule has 2 aromatic carbocycles. The van der Waals surface area contributed by atoms with E-state index in [1.54, 1.807) is 0 Å². The fourth-order valence-electron chi connectivity index (χ4n) is 2.18. The molecule has 1 atom stereocenters. The largest absolute Gasteiger partial charge is 0.490 e. The second-order valence-electron chi connectivity index (χ2n) is 5.55. The average Bonchev–Trinajstić information content (AvgIpc) is 2.65. The molecule has 0 heterocycles. The Morgan fingerprint density at radius 1 is 1.12 bits per heavy atom. The summed E-state index contributed by atoms with van der Waals surface area (Å²) < 4.78 is 10.5. The predicted octanol–water partition coefficient (Wildman–Crippen LogP) is 4.88. The van der Waals surface area contributed by atoms with Crippen LogP contribution in [0.5, 0.6) is 5.75 Å². The minimum Gasteiger partial charge on any atom is -0.490 e. The van der Waals surface area contributed by atoms with Gasteiger partial charge in [-0.1, -0.05) is 48.0 Å². The van der Waals surface area contributed by atoms with Gasteiger partial charge in [-0.05, 0) is 29.7 Å². The van der Waals surface area contributed by atoms with Gasteiger partial charge in [0.1, 0.15) is 19.0 Å². The third-order valence-corrected chi connectivity index (χ3v) is 4.55. The van der Waals surface area contributed by atoms with E-state index < -0.39 is 11.5 Å². The highest BCUT2D eigenvalue weighted by Crippen LogP contribution is 2.26. The van der Waals surface area contributed by atoms with Gasteiger partial charge in [0.25, 0.3) is 0 Å². The van der Waals surface area contributed by atoms with Crippen LogP contribution in [0.1, 0.15) is 11.1 Å². The summed E-state index contributed by atoms with van der Waals surface area (Å²) in [6, 6.07) is 15.8. The number of carbonyl (C=O) groups excluding carboxylic acids is 1. The Bertz CT molecular complexity index is 698. The smallest absolute Gasteiger partial charge is 0.407 e. The van der Waals surface area contributed by atoms with Crippen molar-refractivity contribution in [3.8, 4) is 5.75 Å². The molecule has 0 radical (unpaired) electrons. The first kappa shape index (κ1) is 20.7. The van der Waals surface area contributed by atoms with E-state index in [0.717, 1.165) is 12.0 Å². The Balaban J connectivity index is 1.73. The lowest BCUT2D eigenvalue weighted by molar-refractivity contribution is 0.145. The summed E-state index contributed by atoms with van der Waals surface area (Å²) in [5.74, 6) is 0.790. The molecule has 2 rings (SSSR count). The first-order valence-electron chi connectivity index (χ1n) is 8.14. The number of halogens is 3. The molecule has 0 aliphatic rings. The van der Waals surface area contributed by atoms with Crippen molar-refractivity contribution < 1.29 is 14.3 Å². The minimum absolute atomic E-state index is 0.0620. The number of nitrogens with one attached hydrogen (secondary N) is 1. The van der Waals surface area contributed by atoms with Gasteiger partial charge >= 0.3 is 6.09 Å². The maximum Gasteiger partial charge on any atom is 0.407 e. The van der Waals surface area contributed by atoms with Crippen molar-refractivity contribution in [1.82, 2.24) is 5.32 Å². The normalized spacial score (nSPS) is 11.7. The zero-order valence-electron chi connectivity index (χ0n) is 14.1. The number of hydrogen-bond donors (Lipinski definition) is 1. The van der Waals surface area contributed by atoms with Crippen LogP contribution in [0.2, 0.25) is 5.02 Å². The lowest BCUT2D eigenvalue weighted by Gasteiger charge is -2.11. The molecule has 4 nitrogen and oxygen atoms in total. The standard InChI is InChI=1S/C19H20Cl3NO3/c20-12-16(21)13-26-19(24)23-8-9-25-18-7-6-15(11-17(18)22)10-14-4-2-1-3-5-14/h1-7,11,16H,8-10,12-13H2,(H,23,24). The fourth-order valence-corrected chi connectivity index (χ4v) is 2.59. The Labute approximate surface area is 168 Å². The van der Waals surface area contributed by atoms with Gasteiger partial charge < -0.3 is 14.8 Å². The summed E-state index contributed by atoms with van der Waals surface area (Å²) in [6.07, 6.45) is 0.242. The summed E-state index contributed by atoms with van der Waals surface area (Å²) in [7, 11) is 0. The number of rotatable bonds is 9. The third kappa shape index (κ3) is 7.32. The lowest BCUT2D eigenvalue weighted by Crippen LogP contribution is -2.30. The number of alkyl carbamates (subject to hydrolysis) is 1. The predicted molar refractivity (Wildman–Crippen MR) is 106 cm³/mol. The zero-order chi connectivity index (χ0) is 18.8. The van der Waals surface area contributed by atoms with Crippen molar-refractivity contribution in [2.24, 2.45) is 0 Å². The third-order valence-electron chi connectivity index (χ3n) is 3.44. The maximum absolute atomic E-state index is 11.4. The van der Waals surface area contributed by atoms with Crippen LogP contribution in [-0.4, -0.2) is 37.1 Å². The number of carbonyl (C=O) groups is 1. The van der Waals surface area contributed by atoms with Crippen molar-refractivity contribution in [2.45, 2.75) is 11.8 Å². The van der Waals surface area contributed by atoms with Crippen molar-refractivity contribution in [3.63, 3.8) is 0 Å². The topological polar surface area (TPSA) is 47.6 Å². The molecule has 1 amide bonds. The molecule has 0 saturated carbocycles. The van der Waals surface area contributed by atoms with E-state index in [0.29, 0.717) is 10.8 Å². The van der Waals surface area contributed by atoms with Crippen molar-refractivity contribution in [2.75, 3.05) is 25.6 Å². The highest BCUT2D eigenvalue weighted by Gasteiger charge is 2.08. The Morgan fingerprint density at radius 3 is 2.58 bits per heavy atom. The van der Waals surface area contributed by atoms with Gasteiger partial charge in [-0.2, -0.15) is 0 Å². The Hall–Kier alpha value is -1.62. The first-order chi connectivity index (χ1) is 12.6. The van der Waals surface area contributed by atoms with Gasteiger partial charge in [-0.15, -0.1) is 23.2 Å². The van der Waals surface area contributed by atoms with E-state index in [1.165, 1.54) is 5.56 Å². The number of alkyl halides is 2. The second kappa shape index (κ2) is 11.2. The van der Waals surface area contributed by atoms with Crippen LogP contribution in [0, 0.1) is 0 Å². The monoisotopic (exact) mass is 415 g/mol. The molecule has 1 N–H and O–H groups in total. The zero-order valence-corrected chi connectivity index (χ0v) is 16.4. The number of amides is 1. The van der Waals surface area contributed by atoms with E-state index in [9.17, 15) is 4.79 Å². The summed E-state index contributed by atoms with van der Waals surface area (Å²) in [5, 5.41) is 2.70. The molecule has 0 fully saturated rings. The minimum atomic E-state index is -0.561. The van der Waals surface area contributed by atoms with Crippen molar-refractivity contribution >= 4 is 40.9 Å². The molecule has 0 spiro atoms. The van der Waals surface area contributed by atoms with Gasteiger partial charge in [-0.25, -0.2) is 4.79 Å². The van der Waals surface area contributed by atoms with Crippen LogP contribution in [0.3, 0.4) is 0 Å². The molecule has 0 bridgehead atoms. The van der Waals surface area contributed by atoms with E-state index in [-0.39, 0.29) is 25.6 Å². The first-order valence-corrected chi connectivity index (χ1v) is 9.49. The van der Waals surface area contributed by atoms with Gasteiger partial charge in [0.2, 0.25) is 0 Å². The van der Waals surface area contributed by atoms with Crippen LogP contribution < -0.4 is 10.1 Å². The molecule has 7 heteroatoms. The van der Waals surface area contributed by atoms with Crippen LogP contribution >= 0.6 is 34.8 Å². The molecule has 0 aromatic heterocycles. The Kier molecular flexibility index (Phi) is 8.89. The Morgan fingerprint density at radius 2 is 1.88 bits per heavy atom. The molecule has 140 valence electrons. The quantitative estimate of drug-likeness (QED) is 0.468.